The van der Waals surface area contributed by atoms with E-state index in [-0.39, 0.29) is 0 Å². The van der Waals surface area contributed by atoms with Crippen LogP contribution in [0.25, 0.3) is 0 Å². The molecule has 0 aliphatic rings. The lowest BCUT2D eigenvalue weighted by molar-refractivity contribution is 0.0702. The Balaban J connectivity index is 1.84. The fourth-order valence-electron chi connectivity index (χ4n) is 2.65. The van der Waals surface area contributed by atoms with Crippen molar-refractivity contribution in [2.45, 2.75) is 25.7 Å². The van der Waals surface area contributed by atoms with Crippen molar-refractivity contribution in [2.75, 3.05) is 19.3 Å². The zero-order valence-corrected chi connectivity index (χ0v) is 16.9. The first-order valence-electron chi connectivity index (χ1n) is 8.27. The molecule has 0 aliphatic carbocycles. The molecule has 0 unspecified atom stereocenters. The summed E-state index contributed by atoms with van der Waals surface area (Å²) in [5.74, 6) is -0.931. The summed E-state index contributed by atoms with van der Waals surface area (Å²) >= 11 is 7.20. The molecule has 1 aromatic heterocycles. The van der Waals surface area contributed by atoms with Crippen molar-refractivity contribution in [3.8, 4) is 0 Å². The summed E-state index contributed by atoms with van der Waals surface area (Å²) in [5.41, 5.74) is 1.09. The standard InChI is InChI=1S/C18H22ClNO4S2/c1-26(23,24)20(11-3-6-14-5-2-7-15(19)13-14)12-4-8-16-9-10-17(25-16)18(21)22/h2,5,7,9-10,13H,3-4,6,8,11-12H2,1H3,(H,21,22). The molecule has 8 heteroatoms. The highest BCUT2D eigenvalue weighted by molar-refractivity contribution is 7.88. The lowest BCUT2D eigenvalue weighted by Crippen LogP contribution is -2.32. The number of nitrogens with zero attached hydrogens (tertiary/aromatic N) is 1. The molecular weight excluding hydrogens is 394 g/mol. The molecule has 5 nitrogen and oxygen atoms in total. The lowest BCUT2D eigenvalue weighted by atomic mass is 10.1. The average molecular weight is 416 g/mol. The van der Waals surface area contributed by atoms with Gasteiger partial charge in [-0.25, -0.2) is 17.5 Å². The summed E-state index contributed by atoms with van der Waals surface area (Å²) in [4.78, 5) is 12.2. The number of carbonyl (C=O) groups is 1. The van der Waals surface area contributed by atoms with Crippen LogP contribution in [0.1, 0.15) is 33.0 Å². The van der Waals surface area contributed by atoms with Crippen LogP contribution in [0.2, 0.25) is 5.02 Å². The third-order valence-electron chi connectivity index (χ3n) is 3.93. The van der Waals surface area contributed by atoms with Crippen LogP contribution in [-0.4, -0.2) is 43.1 Å². The summed E-state index contributed by atoms with van der Waals surface area (Å²) in [5, 5.41) is 9.62. The van der Waals surface area contributed by atoms with Crippen LogP contribution in [-0.2, 0) is 22.9 Å². The summed E-state index contributed by atoms with van der Waals surface area (Å²) in [6.07, 6.45) is 4.02. The minimum atomic E-state index is -3.27. The topological polar surface area (TPSA) is 74.7 Å². The number of rotatable bonds is 10. The quantitative estimate of drug-likeness (QED) is 0.638. The Bertz CT molecular complexity index is 848. The highest BCUT2D eigenvalue weighted by Crippen LogP contribution is 2.18. The van der Waals surface area contributed by atoms with Gasteiger partial charge in [0.2, 0.25) is 10.0 Å². The van der Waals surface area contributed by atoms with E-state index in [2.05, 4.69) is 0 Å². The number of carboxylic acids is 1. The predicted octanol–water partition coefficient (Wildman–Crippen LogP) is 3.93. The van der Waals surface area contributed by atoms with Gasteiger partial charge >= 0.3 is 5.97 Å². The van der Waals surface area contributed by atoms with Crippen LogP contribution in [0.15, 0.2) is 36.4 Å². The zero-order chi connectivity index (χ0) is 19.2. The van der Waals surface area contributed by atoms with Crippen LogP contribution >= 0.6 is 22.9 Å². The Morgan fingerprint density at radius 1 is 1.15 bits per heavy atom. The lowest BCUT2D eigenvalue weighted by Gasteiger charge is -2.19. The molecule has 1 aromatic carbocycles. The maximum Gasteiger partial charge on any atom is 0.345 e. The van der Waals surface area contributed by atoms with Crippen molar-refractivity contribution in [1.82, 2.24) is 4.31 Å². The van der Waals surface area contributed by atoms with Crippen molar-refractivity contribution >= 4 is 38.9 Å². The van der Waals surface area contributed by atoms with E-state index in [1.54, 1.807) is 12.1 Å². The number of hydrogen-bond acceptors (Lipinski definition) is 4. The zero-order valence-electron chi connectivity index (χ0n) is 14.5. The highest BCUT2D eigenvalue weighted by atomic mass is 35.5. The Morgan fingerprint density at radius 3 is 2.42 bits per heavy atom. The maximum atomic E-state index is 12.0. The van der Waals surface area contributed by atoms with Gasteiger partial charge in [0.05, 0.1) is 6.26 Å². The minimum Gasteiger partial charge on any atom is -0.477 e. The van der Waals surface area contributed by atoms with Gasteiger partial charge < -0.3 is 5.11 Å². The van der Waals surface area contributed by atoms with E-state index >= 15 is 0 Å². The van der Waals surface area contributed by atoms with E-state index in [9.17, 15) is 13.2 Å². The molecule has 0 radical (unpaired) electrons. The molecule has 2 rings (SSSR count). The van der Waals surface area contributed by atoms with Crippen molar-refractivity contribution < 1.29 is 18.3 Å². The molecule has 26 heavy (non-hydrogen) atoms. The van der Waals surface area contributed by atoms with Gasteiger partial charge in [-0.2, -0.15) is 0 Å². The number of carboxylic acid groups (broad SMARTS) is 1. The summed E-state index contributed by atoms with van der Waals surface area (Å²) < 4.78 is 25.5. The number of hydrogen-bond donors (Lipinski definition) is 1. The molecule has 2 aromatic rings. The second-order valence-corrected chi connectivity index (χ2v) is 9.66. The van der Waals surface area contributed by atoms with Gasteiger partial charge in [-0.15, -0.1) is 11.3 Å². The Morgan fingerprint density at radius 2 is 1.85 bits per heavy atom. The smallest absolute Gasteiger partial charge is 0.345 e. The van der Waals surface area contributed by atoms with Gasteiger partial charge in [-0.3, -0.25) is 0 Å². The number of sulfonamides is 1. The summed E-state index contributed by atoms with van der Waals surface area (Å²) in [6.45, 7) is 0.880. The monoisotopic (exact) mass is 415 g/mol. The third kappa shape index (κ3) is 6.72. The minimum absolute atomic E-state index is 0.307. The predicted molar refractivity (Wildman–Crippen MR) is 106 cm³/mol. The number of aromatic carboxylic acids is 1. The fraction of sp³-hybridized carbons (Fsp3) is 0.389. The molecule has 0 bridgehead atoms. The van der Waals surface area contributed by atoms with Crippen LogP contribution in [0.4, 0.5) is 0 Å². The van der Waals surface area contributed by atoms with Gasteiger partial charge in [0.1, 0.15) is 4.88 Å². The Kier molecular flexibility index (Phi) is 7.64. The molecule has 0 atom stereocenters. The van der Waals surface area contributed by atoms with Crippen molar-refractivity contribution in [2.24, 2.45) is 0 Å². The SMILES string of the molecule is CS(=O)(=O)N(CCCc1cccc(Cl)c1)CCCc1ccc(C(=O)O)s1. The second kappa shape index (κ2) is 9.50. The Hall–Kier alpha value is -1.41. The van der Waals surface area contributed by atoms with Gasteiger partial charge in [-0.05, 0) is 55.5 Å². The first-order chi connectivity index (χ1) is 12.3. The second-order valence-electron chi connectivity index (χ2n) is 6.07. The van der Waals surface area contributed by atoms with E-state index in [1.165, 1.54) is 21.9 Å². The average Bonchev–Trinajstić information content (AvgIpc) is 3.02. The number of benzene rings is 1. The number of halogens is 1. The van der Waals surface area contributed by atoms with Gasteiger partial charge in [0, 0.05) is 23.0 Å². The molecule has 0 aliphatic heterocycles. The van der Waals surface area contributed by atoms with Gasteiger partial charge in [0.25, 0.3) is 0 Å². The van der Waals surface area contributed by atoms with Crippen LogP contribution in [0.5, 0.6) is 0 Å². The van der Waals surface area contributed by atoms with Crippen LogP contribution < -0.4 is 0 Å². The maximum absolute atomic E-state index is 12.0. The molecule has 1 N–H and O–H groups in total. The first kappa shape index (κ1) is 20.9. The molecule has 0 saturated heterocycles. The van der Waals surface area contributed by atoms with Crippen LogP contribution in [0, 0.1) is 0 Å². The molecule has 142 valence electrons. The number of thiophene rings is 1. The van der Waals surface area contributed by atoms with Gasteiger partial charge in [-0.1, -0.05) is 23.7 Å². The molecular formula is C18H22ClNO4S2. The number of aryl methyl sites for hydroxylation is 2. The molecule has 0 fully saturated rings. The van der Waals surface area contributed by atoms with E-state index in [0.717, 1.165) is 23.3 Å². The van der Waals surface area contributed by atoms with E-state index < -0.39 is 16.0 Å². The molecule has 0 spiro atoms. The van der Waals surface area contributed by atoms with E-state index in [4.69, 9.17) is 16.7 Å². The summed E-state index contributed by atoms with van der Waals surface area (Å²) in [7, 11) is -3.27. The van der Waals surface area contributed by atoms with Gasteiger partial charge in [0.15, 0.2) is 0 Å². The fourth-order valence-corrected chi connectivity index (χ4v) is 4.68. The van der Waals surface area contributed by atoms with E-state index in [0.29, 0.717) is 35.8 Å². The first-order valence-corrected chi connectivity index (χ1v) is 11.3. The molecule has 0 saturated carbocycles. The molecule has 0 amide bonds. The highest BCUT2D eigenvalue weighted by Gasteiger charge is 2.16. The third-order valence-corrected chi connectivity index (χ3v) is 6.61. The molecule has 1 heterocycles. The normalized spacial score (nSPS) is 11.8. The van der Waals surface area contributed by atoms with Crippen molar-refractivity contribution in [3.05, 3.63) is 56.7 Å². The van der Waals surface area contributed by atoms with E-state index in [1.807, 2.05) is 24.3 Å². The van der Waals surface area contributed by atoms with Crippen molar-refractivity contribution in [3.63, 3.8) is 0 Å². The Labute approximate surface area is 163 Å². The van der Waals surface area contributed by atoms with Crippen LogP contribution in [0.3, 0.4) is 0 Å². The largest absolute Gasteiger partial charge is 0.477 e. The summed E-state index contributed by atoms with van der Waals surface area (Å²) in [6, 6.07) is 10.9. The van der Waals surface area contributed by atoms with Crippen molar-refractivity contribution in [1.29, 1.82) is 0 Å².